The van der Waals surface area contributed by atoms with E-state index in [1.807, 2.05) is 58.9 Å². The average Bonchev–Trinajstić information content (AvgIpc) is 2.88. The lowest BCUT2D eigenvalue weighted by atomic mass is 10.2. The summed E-state index contributed by atoms with van der Waals surface area (Å²) in [5.74, 6) is 3.10. The summed E-state index contributed by atoms with van der Waals surface area (Å²) in [6.45, 7) is 11.8. The number of hydrogen-bond acceptors (Lipinski definition) is 4. The third kappa shape index (κ3) is 6.14. The Kier molecular flexibility index (Phi) is 6.86. The van der Waals surface area contributed by atoms with E-state index in [1.165, 1.54) is 0 Å². The molecule has 136 valence electrons. The zero-order valence-electron chi connectivity index (χ0n) is 15.7. The minimum absolute atomic E-state index is 0.158. The lowest BCUT2D eigenvalue weighted by molar-refractivity contribution is 0.242. The van der Waals surface area contributed by atoms with Crippen LogP contribution in [0, 0.1) is 13.8 Å². The highest BCUT2D eigenvalue weighted by atomic mass is 16.5. The van der Waals surface area contributed by atoms with Gasteiger partial charge < -0.3 is 19.8 Å². The quantitative estimate of drug-likeness (QED) is 0.595. The lowest BCUT2D eigenvalue weighted by Gasteiger charge is -2.11. The van der Waals surface area contributed by atoms with Gasteiger partial charge in [0.05, 0.1) is 24.9 Å². The summed E-state index contributed by atoms with van der Waals surface area (Å²) in [5.41, 5.74) is 2.01. The first kappa shape index (κ1) is 18.8. The predicted octanol–water partition coefficient (Wildman–Crippen LogP) is 3.33. The molecule has 0 fully saturated rings. The van der Waals surface area contributed by atoms with E-state index in [0.717, 1.165) is 35.3 Å². The van der Waals surface area contributed by atoms with Crippen molar-refractivity contribution in [2.75, 3.05) is 6.54 Å². The highest BCUT2D eigenvalue weighted by Crippen LogP contribution is 2.15. The molecule has 0 aliphatic carbocycles. The van der Waals surface area contributed by atoms with Crippen molar-refractivity contribution in [3.8, 4) is 5.75 Å². The van der Waals surface area contributed by atoms with Gasteiger partial charge in [-0.15, -0.1) is 0 Å². The molecule has 0 saturated carbocycles. The van der Waals surface area contributed by atoms with Crippen LogP contribution in [-0.2, 0) is 13.1 Å². The monoisotopic (exact) mass is 344 g/mol. The molecule has 6 nitrogen and oxygen atoms in total. The van der Waals surface area contributed by atoms with E-state index in [1.54, 1.807) is 0 Å². The fourth-order valence-corrected chi connectivity index (χ4v) is 2.28. The van der Waals surface area contributed by atoms with Crippen LogP contribution in [0.1, 0.15) is 43.7 Å². The molecule has 0 atom stereocenters. The Hall–Kier alpha value is -2.50. The molecule has 1 aromatic carbocycles. The molecule has 0 amide bonds. The minimum Gasteiger partial charge on any atom is -0.491 e. The summed E-state index contributed by atoms with van der Waals surface area (Å²) in [5, 5.41) is 6.48. The van der Waals surface area contributed by atoms with Crippen LogP contribution >= 0.6 is 0 Å². The molecule has 2 aromatic rings. The van der Waals surface area contributed by atoms with Crippen LogP contribution in [-0.4, -0.2) is 23.6 Å². The second kappa shape index (κ2) is 9.11. The van der Waals surface area contributed by atoms with E-state index in [0.29, 0.717) is 19.0 Å². The van der Waals surface area contributed by atoms with Crippen LogP contribution < -0.4 is 15.4 Å². The van der Waals surface area contributed by atoms with Gasteiger partial charge in [-0.1, -0.05) is 12.1 Å². The number of rotatable bonds is 7. The van der Waals surface area contributed by atoms with Gasteiger partial charge in [0.1, 0.15) is 11.5 Å². The first-order chi connectivity index (χ1) is 12.0. The van der Waals surface area contributed by atoms with E-state index in [4.69, 9.17) is 9.15 Å². The fraction of sp³-hybridized carbons (Fsp3) is 0.474. The lowest BCUT2D eigenvalue weighted by Crippen LogP contribution is -2.36. The molecule has 25 heavy (non-hydrogen) atoms. The van der Waals surface area contributed by atoms with Gasteiger partial charge in [0.2, 0.25) is 5.89 Å². The zero-order chi connectivity index (χ0) is 18.2. The number of hydrogen-bond donors (Lipinski definition) is 2. The highest BCUT2D eigenvalue weighted by molar-refractivity contribution is 5.79. The van der Waals surface area contributed by atoms with Crippen molar-refractivity contribution in [2.24, 2.45) is 4.99 Å². The van der Waals surface area contributed by atoms with Crippen molar-refractivity contribution < 1.29 is 9.15 Å². The van der Waals surface area contributed by atoms with Gasteiger partial charge in [0, 0.05) is 6.54 Å². The number of nitrogens with one attached hydrogen (secondary N) is 2. The molecule has 0 saturated heterocycles. The molecule has 2 N–H and O–H groups in total. The molecule has 0 spiro atoms. The molecule has 0 aliphatic rings. The van der Waals surface area contributed by atoms with E-state index in [-0.39, 0.29) is 6.10 Å². The van der Waals surface area contributed by atoms with Gasteiger partial charge in [-0.25, -0.2) is 9.98 Å². The van der Waals surface area contributed by atoms with Crippen LogP contribution in [0.5, 0.6) is 5.75 Å². The predicted molar refractivity (Wildman–Crippen MR) is 99.8 cm³/mol. The van der Waals surface area contributed by atoms with Crippen molar-refractivity contribution in [3.05, 3.63) is 47.2 Å². The van der Waals surface area contributed by atoms with Crippen molar-refractivity contribution in [3.63, 3.8) is 0 Å². The molecular formula is C19H28N4O2. The van der Waals surface area contributed by atoms with Gasteiger partial charge >= 0.3 is 0 Å². The van der Waals surface area contributed by atoms with E-state index >= 15 is 0 Å². The van der Waals surface area contributed by atoms with E-state index < -0.39 is 0 Å². The van der Waals surface area contributed by atoms with Gasteiger partial charge in [0.15, 0.2) is 5.96 Å². The number of benzene rings is 1. The Balaban J connectivity index is 1.98. The van der Waals surface area contributed by atoms with Gasteiger partial charge in [0.25, 0.3) is 0 Å². The Bertz CT molecular complexity index is 688. The number of oxazole rings is 1. The van der Waals surface area contributed by atoms with Crippen molar-refractivity contribution >= 4 is 5.96 Å². The largest absolute Gasteiger partial charge is 0.491 e. The minimum atomic E-state index is 0.158. The van der Waals surface area contributed by atoms with Crippen molar-refractivity contribution in [1.82, 2.24) is 15.6 Å². The molecule has 0 radical (unpaired) electrons. The maximum Gasteiger partial charge on any atom is 0.214 e. The number of aryl methyl sites for hydroxylation is 2. The summed E-state index contributed by atoms with van der Waals surface area (Å²) in [6.07, 6.45) is 0.158. The molecule has 0 aliphatic heterocycles. The summed E-state index contributed by atoms with van der Waals surface area (Å²) in [4.78, 5) is 8.99. The fourth-order valence-electron chi connectivity index (χ4n) is 2.28. The third-order valence-electron chi connectivity index (χ3n) is 3.51. The Morgan fingerprint density at radius 2 is 2.08 bits per heavy atom. The van der Waals surface area contributed by atoms with Crippen LogP contribution in [0.4, 0.5) is 0 Å². The highest BCUT2D eigenvalue weighted by Gasteiger charge is 2.06. The first-order valence-electron chi connectivity index (χ1n) is 8.68. The normalized spacial score (nSPS) is 11.7. The van der Waals surface area contributed by atoms with E-state index in [9.17, 15) is 0 Å². The summed E-state index contributed by atoms with van der Waals surface area (Å²) < 4.78 is 11.3. The van der Waals surface area contributed by atoms with Crippen LogP contribution in [0.3, 0.4) is 0 Å². The number of nitrogens with zero attached hydrogens (tertiary/aromatic N) is 2. The summed E-state index contributed by atoms with van der Waals surface area (Å²) >= 11 is 0. The Morgan fingerprint density at radius 1 is 1.28 bits per heavy atom. The Morgan fingerprint density at radius 3 is 2.72 bits per heavy atom. The van der Waals surface area contributed by atoms with E-state index in [2.05, 4.69) is 20.6 Å². The molecule has 2 rings (SSSR count). The standard InChI is InChI=1S/C19H28N4O2/c1-6-20-19(22-12-18-23-14(4)15(5)25-18)21-11-16-8-7-9-17(10-16)24-13(2)3/h7-10,13H,6,11-12H2,1-5H3,(H2,20,21,22). The molecule has 0 bridgehead atoms. The zero-order valence-corrected chi connectivity index (χ0v) is 15.7. The number of ether oxygens (including phenoxy) is 1. The van der Waals surface area contributed by atoms with Crippen LogP contribution in [0.25, 0.3) is 0 Å². The SMILES string of the molecule is CCNC(=NCc1cccc(OC(C)C)c1)NCc1nc(C)c(C)o1. The number of aliphatic imine (C=N–C) groups is 1. The smallest absolute Gasteiger partial charge is 0.214 e. The number of aromatic nitrogens is 1. The average molecular weight is 344 g/mol. The van der Waals surface area contributed by atoms with Crippen LogP contribution in [0.15, 0.2) is 33.7 Å². The van der Waals surface area contributed by atoms with Crippen molar-refractivity contribution in [1.29, 1.82) is 0 Å². The summed E-state index contributed by atoms with van der Waals surface area (Å²) in [6, 6.07) is 8.01. The van der Waals surface area contributed by atoms with Gasteiger partial charge in [-0.05, 0) is 52.3 Å². The molecule has 0 unspecified atom stereocenters. The Labute approximate surface area is 149 Å². The summed E-state index contributed by atoms with van der Waals surface area (Å²) in [7, 11) is 0. The molecule has 1 aromatic heterocycles. The maximum absolute atomic E-state index is 5.73. The molecular weight excluding hydrogens is 316 g/mol. The second-order valence-electron chi connectivity index (χ2n) is 6.11. The topological polar surface area (TPSA) is 71.7 Å². The molecule has 6 heteroatoms. The maximum atomic E-state index is 5.73. The van der Waals surface area contributed by atoms with Crippen LogP contribution in [0.2, 0.25) is 0 Å². The van der Waals surface area contributed by atoms with Crippen molar-refractivity contribution in [2.45, 2.75) is 53.8 Å². The first-order valence-corrected chi connectivity index (χ1v) is 8.68. The molecule has 1 heterocycles. The van der Waals surface area contributed by atoms with Gasteiger partial charge in [-0.3, -0.25) is 0 Å². The third-order valence-corrected chi connectivity index (χ3v) is 3.51. The van der Waals surface area contributed by atoms with Gasteiger partial charge in [-0.2, -0.15) is 0 Å². The second-order valence-corrected chi connectivity index (χ2v) is 6.11. The number of guanidine groups is 1.